The Balaban J connectivity index is 1.51. The molecule has 1 unspecified atom stereocenters. The molecule has 0 radical (unpaired) electrons. The fourth-order valence-electron chi connectivity index (χ4n) is 4.40. The van der Waals surface area contributed by atoms with Crippen molar-refractivity contribution in [2.45, 2.75) is 32.2 Å². The Hall–Kier alpha value is -2.04. The SMILES string of the molecule is COC(=O)c1ccc2c(c1)CCC1(CCN(Cc3ccc(Cl)c(Cl)c3)C1=O)C2. The van der Waals surface area contributed by atoms with Crippen molar-refractivity contribution in [2.75, 3.05) is 13.7 Å². The molecular formula is C22H21Cl2NO3. The number of benzene rings is 2. The van der Waals surface area contributed by atoms with E-state index in [1.54, 1.807) is 12.1 Å². The second-order valence-electron chi connectivity index (χ2n) is 7.66. The molecule has 6 heteroatoms. The maximum absolute atomic E-state index is 13.3. The van der Waals surface area contributed by atoms with Crippen molar-refractivity contribution < 1.29 is 14.3 Å². The van der Waals surface area contributed by atoms with Crippen LogP contribution in [0.5, 0.6) is 0 Å². The Morgan fingerprint density at radius 2 is 1.93 bits per heavy atom. The monoisotopic (exact) mass is 417 g/mol. The highest BCUT2D eigenvalue weighted by atomic mass is 35.5. The highest BCUT2D eigenvalue weighted by Crippen LogP contribution is 2.44. The fourth-order valence-corrected chi connectivity index (χ4v) is 4.72. The molecule has 146 valence electrons. The Labute approximate surface area is 174 Å². The summed E-state index contributed by atoms with van der Waals surface area (Å²) in [4.78, 5) is 26.9. The molecule has 4 nitrogen and oxygen atoms in total. The molecule has 1 atom stereocenters. The first-order valence-electron chi connectivity index (χ1n) is 9.35. The minimum absolute atomic E-state index is 0.210. The number of carbonyl (C=O) groups excluding carboxylic acids is 2. The number of hydrogen-bond donors (Lipinski definition) is 0. The number of esters is 1. The standard InChI is InChI=1S/C22H21Cl2NO3/c1-28-20(26)16-3-4-17-12-22(7-6-15(17)11-16)8-9-25(21(22)27)13-14-2-5-18(23)19(24)10-14/h2-5,10-11H,6-9,12-13H2,1H3. The second-order valence-corrected chi connectivity index (χ2v) is 8.47. The average molecular weight is 418 g/mol. The summed E-state index contributed by atoms with van der Waals surface area (Å²) in [5.74, 6) is -0.117. The molecule has 1 aliphatic heterocycles. The van der Waals surface area contributed by atoms with Crippen LogP contribution in [-0.2, 0) is 28.9 Å². The van der Waals surface area contributed by atoms with Gasteiger partial charge in [0, 0.05) is 13.1 Å². The number of halogens is 2. The van der Waals surface area contributed by atoms with Gasteiger partial charge in [-0.2, -0.15) is 0 Å². The van der Waals surface area contributed by atoms with E-state index in [4.69, 9.17) is 27.9 Å². The lowest BCUT2D eigenvalue weighted by Gasteiger charge is -2.33. The molecule has 1 fully saturated rings. The normalized spacial score (nSPS) is 21.1. The van der Waals surface area contributed by atoms with E-state index < -0.39 is 0 Å². The van der Waals surface area contributed by atoms with Crippen LogP contribution in [0.2, 0.25) is 10.0 Å². The molecule has 1 amide bonds. The molecule has 1 aliphatic carbocycles. The first kappa shape index (κ1) is 19.3. The minimum atomic E-state index is -0.337. The van der Waals surface area contributed by atoms with Crippen LogP contribution in [0.15, 0.2) is 36.4 Å². The lowest BCUT2D eigenvalue weighted by atomic mass is 9.70. The Morgan fingerprint density at radius 3 is 2.68 bits per heavy atom. The van der Waals surface area contributed by atoms with Gasteiger partial charge in [0.2, 0.25) is 5.91 Å². The zero-order valence-corrected chi connectivity index (χ0v) is 17.1. The molecule has 1 heterocycles. The summed E-state index contributed by atoms with van der Waals surface area (Å²) in [6.07, 6.45) is 3.18. The molecule has 0 bridgehead atoms. The molecule has 0 saturated carbocycles. The topological polar surface area (TPSA) is 46.6 Å². The van der Waals surface area contributed by atoms with Gasteiger partial charge in [-0.1, -0.05) is 35.3 Å². The second kappa shape index (κ2) is 7.41. The van der Waals surface area contributed by atoms with E-state index in [0.29, 0.717) is 22.2 Å². The van der Waals surface area contributed by atoms with E-state index >= 15 is 0 Å². The molecule has 2 aromatic carbocycles. The van der Waals surface area contributed by atoms with Crippen molar-refractivity contribution in [3.8, 4) is 0 Å². The summed E-state index contributed by atoms with van der Waals surface area (Å²) in [5, 5.41) is 1.03. The number of likely N-dealkylation sites (tertiary alicyclic amines) is 1. The summed E-state index contributed by atoms with van der Waals surface area (Å²) < 4.78 is 4.81. The maximum atomic E-state index is 13.3. The summed E-state index contributed by atoms with van der Waals surface area (Å²) in [5.41, 5.74) is 3.51. The molecule has 0 aromatic heterocycles. The van der Waals surface area contributed by atoms with E-state index in [9.17, 15) is 9.59 Å². The van der Waals surface area contributed by atoms with Crippen molar-refractivity contribution in [3.63, 3.8) is 0 Å². The van der Waals surface area contributed by atoms with Gasteiger partial charge in [0.15, 0.2) is 0 Å². The lowest BCUT2D eigenvalue weighted by Crippen LogP contribution is -2.38. The number of nitrogens with zero attached hydrogens (tertiary/aromatic N) is 1. The Bertz CT molecular complexity index is 959. The molecule has 4 rings (SSSR count). The Morgan fingerprint density at radius 1 is 1.11 bits per heavy atom. The number of rotatable bonds is 3. The van der Waals surface area contributed by atoms with Gasteiger partial charge in [-0.3, -0.25) is 4.79 Å². The largest absolute Gasteiger partial charge is 0.465 e. The first-order chi connectivity index (χ1) is 13.4. The van der Waals surface area contributed by atoms with E-state index in [2.05, 4.69) is 0 Å². The van der Waals surface area contributed by atoms with E-state index in [0.717, 1.165) is 48.9 Å². The number of amides is 1. The van der Waals surface area contributed by atoms with Crippen molar-refractivity contribution >= 4 is 35.1 Å². The first-order valence-corrected chi connectivity index (χ1v) is 10.1. The van der Waals surface area contributed by atoms with Crippen molar-refractivity contribution in [1.82, 2.24) is 4.90 Å². The summed E-state index contributed by atoms with van der Waals surface area (Å²) >= 11 is 12.1. The van der Waals surface area contributed by atoms with E-state index in [-0.39, 0.29) is 17.3 Å². The third-order valence-corrected chi connectivity index (χ3v) is 6.73. The molecule has 2 aliphatic rings. The quantitative estimate of drug-likeness (QED) is 0.680. The van der Waals surface area contributed by atoms with E-state index in [1.807, 2.05) is 29.2 Å². The zero-order chi connectivity index (χ0) is 19.9. The summed E-state index contributed by atoms with van der Waals surface area (Å²) in [6, 6.07) is 11.2. The third-order valence-electron chi connectivity index (χ3n) is 5.99. The van der Waals surface area contributed by atoms with Gasteiger partial charge in [0.1, 0.15) is 0 Å². The summed E-state index contributed by atoms with van der Waals surface area (Å²) in [6.45, 7) is 1.29. The van der Waals surface area contributed by atoms with Crippen LogP contribution < -0.4 is 0 Å². The predicted molar refractivity (Wildman–Crippen MR) is 109 cm³/mol. The molecule has 2 aromatic rings. The van der Waals surface area contributed by atoms with Gasteiger partial charge < -0.3 is 9.64 Å². The van der Waals surface area contributed by atoms with Gasteiger partial charge in [-0.15, -0.1) is 0 Å². The minimum Gasteiger partial charge on any atom is -0.465 e. The number of hydrogen-bond acceptors (Lipinski definition) is 3. The highest BCUT2D eigenvalue weighted by molar-refractivity contribution is 6.42. The average Bonchev–Trinajstić information content (AvgIpc) is 2.99. The number of aryl methyl sites for hydroxylation is 1. The van der Waals surface area contributed by atoms with Crippen molar-refractivity contribution in [2.24, 2.45) is 5.41 Å². The number of methoxy groups -OCH3 is 1. The lowest BCUT2D eigenvalue weighted by molar-refractivity contribution is -0.137. The summed E-state index contributed by atoms with van der Waals surface area (Å²) in [7, 11) is 1.39. The molecular weight excluding hydrogens is 397 g/mol. The van der Waals surface area contributed by atoms with E-state index in [1.165, 1.54) is 7.11 Å². The van der Waals surface area contributed by atoms with Gasteiger partial charge in [0.05, 0.1) is 28.1 Å². The van der Waals surface area contributed by atoms with Crippen LogP contribution in [0.4, 0.5) is 0 Å². The zero-order valence-electron chi connectivity index (χ0n) is 15.6. The van der Waals surface area contributed by atoms with Crippen LogP contribution in [0.1, 0.15) is 39.9 Å². The van der Waals surface area contributed by atoms with Crippen LogP contribution in [0.25, 0.3) is 0 Å². The van der Waals surface area contributed by atoms with Gasteiger partial charge in [-0.05, 0) is 66.6 Å². The van der Waals surface area contributed by atoms with Crippen LogP contribution in [-0.4, -0.2) is 30.4 Å². The van der Waals surface area contributed by atoms with Crippen LogP contribution >= 0.6 is 23.2 Å². The maximum Gasteiger partial charge on any atom is 0.337 e. The molecule has 28 heavy (non-hydrogen) atoms. The number of fused-ring (bicyclic) bond motifs is 1. The van der Waals surface area contributed by atoms with Gasteiger partial charge >= 0.3 is 5.97 Å². The number of carbonyl (C=O) groups is 2. The van der Waals surface area contributed by atoms with Crippen LogP contribution in [0, 0.1) is 5.41 Å². The van der Waals surface area contributed by atoms with Crippen molar-refractivity contribution in [3.05, 3.63) is 68.7 Å². The van der Waals surface area contributed by atoms with Gasteiger partial charge in [-0.25, -0.2) is 4.79 Å². The molecule has 1 saturated heterocycles. The number of ether oxygens (including phenoxy) is 1. The molecule has 1 spiro atoms. The predicted octanol–water partition coefficient (Wildman–Crippen LogP) is 4.69. The molecule has 0 N–H and O–H groups in total. The highest BCUT2D eigenvalue weighted by Gasteiger charge is 2.48. The Kier molecular flexibility index (Phi) is 5.11. The van der Waals surface area contributed by atoms with Gasteiger partial charge in [0.25, 0.3) is 0 Å². The third kappa shape index (κ3) is 3.40. The van der Waals surface area contributed by atoms with Crippen LogP contribution in [0.3, 0.4) is 0 Å². The smallest absolute Gasteiger partial charge is 0.337 e. The fraction of sp³-hybridized carbons (Fsp3) is 0.364. The van der Waals surface area contributed by atoms with Crippen molar-refractivity contribution in [1.29, 1.82) is 0 Å².